The Labute approximate surface area is 626 Å². The summed E-state index contributed by atoms with van der Waals surface area (Å²) in [5.41, 5.74) is 30.8. The predicted molar refractivity (Wildman–Crippen MR) is 395 cm³/mol. The van der Waals surface area contributed by atoms with Gasteiger partial charge in [-0.2, -0.15) is 0 Å². The molecule has 3 heterocycles. The molecule has 104 heavy (non-hydrogen) atoms. The first kappa shape index (κ1) is 83.3. The molecule has 0 aliphatic carbocycles. The van der Waals surface area contributed by atoms with E-state index in [1.54, 1.807) is 80.6 Å². The molecule has 12 rings (SSSR count). The number of aliphatic carboxylic acids is 1. The van der Waals surface area contributed by atoms with Crippen LogP contribution in [0.5, 0.6) is 17.2 Å². The van der Waals surface area contributed by atoms with Gasteiger partial charge in [0.05, 0.1) is 71.9 Å². The van der Waals surface area contributed by atoms with Gasteiger partial charge in [0.25, 0.3) is 0 Å². The number of carboxylic acids is 1. The number of carbonyl (C=O) groups excluding carboxylic acids is 2. The maximum atomic E-state index is 15.3. The van der Waals surface area contributed by atoms with Crippen LogP contribution in [0.2, 0.25) is 0 Å². The summed E-state index contributed by atoms with van der Waals surface area (Å²) in [6.07, 6.45) is 4.41. The monoisotopic (exact) mass is 1500 g/mol. The van der Waals surface area contributed by atoms with Crippen LogP contribution in [0.1, 0.15) is 80.6 Å². The van der Waals surface area contributed by atoms with Gasteiger partial charge in [0.1, 0.15) is 65.7 Å². The van der Waals surface area contributed by atoms with Gasteiger partial charge in [0, 0.05) is 64.1 Å². The Balaban J connectivity index is 0.000000226. The van der Waals surface area contributed by atoms with E-state index in [1.165, 1.54) is 18.8 Å². The second-order valence-corrected chi connectivity index (χ2v) is 24.3. The van der Waals surface area contributed by atoms with Gasteiger partial charge in [-0.25, -0.2) is 13.2 Å². The molecule has 0 amide bonds. The van der Waals surface area contributed by atoms with Crippen LogP contribution >= 0.6 is 28.3 Å². The number of fused-ring (bicyclic) bond motifs is 3. The van der Waals surface area contributed by atoms with E-state index in [-0.39, 0.29) is 93.6 Å². The molecule has 0 aliphatic rings. The van der Waals surface area contributed by atoms with Crippen molar-refractivity contribution >= 4 is 91.7 Å². The van der Waals surface area contributed by atoms with Crippen molar-refractivity contribution in [3.8, 4) is 39.5 Å². The number of aryl methyl sites for hydroxylation is 3. The molecule has 0 fully saturated rings. The van der Waals surface area contributed by atoms with Gasteiger partial charge in [-0.15, -0.1) is 12.4 Å². The van der Waals surface area contributed by atoms with Crippen LogP contribution in [0.15, 0.2) is 200 Å². The van der Waals surface area contributed by atoms with Crippen molar-refractivity contribution in [2.24, 2.45) is 17.2 Å². The van der Waals surface area contributed by atoms with E-state index in [4.69, 9.17) is 69.3 Å². The average Bonchev–Trinajstić information content (AvgIpc) is 1.54. The summed E-state index contributed by atoms with van der Waals surface area (Å²) in [5, 5.41) is 27.8. The first-order chi connectivity index (χ1) is 48.7. The standard InChI is InChI=1S/C27H26FNO4.C25H22FNO4.C20H18BrFO4.C7H10BNO2.ClH.Li.H2O/c1-3-31-25(30)14-20-8-7-17(2)11-24(20)33-16-21-13-23(19-6-4-5-18(12-19)15-29)27-22(26(21)28)9-10-32-27;1-15-5-6-18(12-23(28)29)22(9-15)31-14-19-11-21(17-4-2-3-16(10-17)13-27)25-20(24(19)26)7-8-30-25;1-3-24-18(23)10-13-5-4-12(2)8-17(13)26-11-14-9-16(21)20-15(19(14)22)6-7-25-20;9-5-6-2-1-3-7(4-6)8(10)11;;;/h4-13H,3,14-16,29H2,1-2H3;2-11H,12-14,27H2,1H3,(H,28,29);4-9H,3,10-11H2,1-2H3;1-4,10-11H,5,9H2;1H;;1H2/q;;;;;+1;/p-1. The quantitative estimate of drug-likeness (QED) is 0.0256. The molecule has 10 N–H and O–H groups in total. The zero-order valence-electron chi connectivity index (χ0n) is 58.1. The van der Waals surface area contributed by atoms with Crippen LogP contribution in [0.3, 0.4) is 0 Å². The van der Waals surface area contributed by atoms with E-state index in [0.717, 1.165) is 55.6 Å². The average molecular weight is 1500 g/mol. The SMILES string of the molecule is CCOC(=O)Cc1ccc(C)cc1OCc1cc(-c2cccc(CN)c2)c2occc2c1F.CCOC(=O)Cc1ccc(C)cc1OCc1cc(Br)c2occc2c1F.Cc1ccc(CC(=O)O)c(OCc2cc(-c3cccc(CN)c3)c3occc3c2F)c1.Cl.NCc1cccc(B(O)O)c1.[Li+].[OH-]. The van der Waals surface area contributed by atoms with E-state index in [2.05, 4.69) is 15.9 Å². The Morgan fingerprint density at radius 3 is 1.20 bits per heavy atom. The number of hydrogen-bond donors (Lipinski definition) is 6. The summed E-state index contributed by atoms with van der Waals surface area (Å²) in [5.74, 6) is -1.30. The van der Waals surface area contributed by atoms with E-state index >= 15 is 8.78 Å². The third-order valence-corrected chi connectivity index (χ3v) is 16.7. The number of halogens is 5. The molecular formula is C79H78BBrClF3LiN3O15. The number of nitrogens with two attached hydrogens (primary N) is 3. The molecule has 0 atom stereocenters. The van der Waals surface area contributed by atoms with Gasteiger partial charge in [-0.1, -0.05) is 97.1 Å². The summed E-state index contributed by atoms with van der Waals surface area (Å²) < 4.78 is 90.1. The Bertz CT molecular complexity index is 4900. The summed E-state index contributed by atoms with van der Waals surface area (Å²) in [6, 6.07) is 48.7. The third kappa shape index (κ3) is 21.7. The second-order valence-electron chi connectivity index (χ2n) is 23.5. The first-order valence-corrected chi connectivity index (χ1v) is 33.1. The van der Waals surface area contributed by atoms with Crippen LogP contribution < -0.4 is 55.7 Å². The van der Waals surface area contributed by atoms with Gasteiger partial charge in [0.2, 0.25) is 0 Å². The smallest absolute Gasteiger partial charge is 0.870 e. The molecule has 538 valence electrons. The number of carbonyl (C=O) groups is 3. The maximum absolute atomic E-state index is 15.3. The zero-order valence-corrected chi connectivity index (χ0v) is 60.5. The number of hydrogen-bond acceptors (Lipinski definition) is 17. The fourth-order valence-electron chi connectivity index (χ4n) is 11.0. The molecule has 3 aromatic heterocycles. The van der Waals surface area contributed by atoms with E-state index < -0.39 is 24.7 Å². The molecule has 0 bridgehead atoms. The zero-order chi connectivity index (χ0) is 72.3. The van der Waals surface area contributed by atoms with Crippen LogP contribution in [0, 0.1) is 38.2 Å². The number of benzene rings is 9. The fraction of sp³-hybridized carbons (Fsp3) is 0.203. The number of esters is 2. The van der Waals surface area contributed by atoms with Crippen molar-refractivity contribution in [1.82, 2.24) is 0 Å². The summed E-state index contributed by atoms with van der Waals surface area (Å²) in [7, 11) is -1.40. The van der Waals surface area contributed by atoms with Crippen molar-refractivity contribution in [3.63, 3.8) is 0 Å². The number of furan rings is 3. The van der Waals surface area contributed by atoms with Crippen LogP contribution in [-0.2, 0) is 82.6 Å². The molecule has 12 aromatic rings. The van der Waals surface area contributed by atoms with Crippen molar-refractivity contribution in [2.75, 3.05) is 13.2 Å². The molecule has 0 aliphatic heterocycles. The number of ether oxygens (including phenoxy) is 5. The molecule has 0 spiro atoms. The Kier molecular flexibility index (Phi) is 32.0. The maximum Gasteiger partial charge on any atom is 1.00 e. The Morgan fingerprint density at radius 1 is 0.471 bits per heavy atom. The van der Waals surface area contributed by atoms with Crippen LogP contribution in [0.4, 0.5) is 13.2 Å². The van der Waals surface area contributed by atoms with Crippen molar-refractivity contribution in [2.45, 2.75) is 93.3 Å². The fourth-order valence-corrected chi connectivity index (χ4v) is 11.6. The molecule has 0 saturated heterocycles. The summed E-state index contributed by atoms with van der Waals surface area (Å²) in [6.45, 7) is 11.1. The van der Waals surface area contributed by atoms with E-state index in [0.29, 0.717) is 126 Å². The minimum atomic E-state index is -1.40. The molecule has 9 aromatic carbocycles. The van der Waals surface area contributed by atoms with Crippen LogP contribution in [-0.4, -0.2) is 58.9 Å². The van der Waals surface area contributed by atoms with Crippen molar-refractivity contribution < 1.29 is 104 Å². The largest absolute Gasteiger partial charge is 1.00 e. The van der Waals surface area contributed by atoms with Crippen molar-refractivity contribution in [3.05, 3.63) is 271 Å². The first-order valence-electron chi connectivity index (χ1n) is 32.3. The van der Waals surface area contributed by atoms with E-state index in [1.807, 2.05) is 118 Å². The Morgan fingerprint density at radius 2 is 0.827 bits per heavy atom. The topological polar surface area (TPSA) is 306 Å². The van der Waals surface area contributed by atoms with Crippen LogP contribution in [0.25, 0.3) is 55.2 Å². The van der Waals surface area contributed by atoms with Gasteiger partial charge in [-0.3, -0.25) is 14.4 Å². The van der Waals surface area contributed by atoms with Gasteiger partial charge in [0.15, 0.2) is 5.58 Å². The number of carboxylic acid groups (broad SMARTS) is 1. The second kappa shape index (κ2) is 39.9. The molecule has 0 saturated carbocycles. The normalized spacial score (nSPS) is 10.6. The summed E-state index contributed by atoms with van der Waals surface area (Å²) >= 11 is 3.39. The minimum absolute atomic E-state index is 0. The molecule has 25 heteroatoms. The Hall–Kier alpha value is -9.61. The van der Waals surface area contributed by atoms with Gasteiger partial charge in [-0.05, 0) is 167 Å². The van der Waals surface area contributed by atoms with Gasteiger partial charge >= 0.3 is 43.9 Å². The predicted octanol–water partition coefficient (Wildman–Crippen LogP) is 12.3. The molecule has 0 unspecified atom stereocenters. The van der Waals surface area contributed by atoms with E-state index in [9.17, 15) is 18.8 Å². The number of rotatable bonds is 23. The third-order valence-electron chi connectivity index (χ3n) is 16.1. The molecular weight excluding hydrogens is 1420 g/mol. The van der Waals surface area contributed by atoms with Gasteiger partial charge < -0.3 is 74.8 Å². The minimum Gasteiger partial charge on any atom is -0.870 e. The van der Waals surface area contributed by atoms with Crippen molar-refractivity contribution in [1.29, 1.82) is 0 Å². The summed E-state index contributed by atoms with van der Waals surface area (Å²) in [4.78, 5) is 34.9. The molecule has 0 radical (unpaired) electrons. The molecule has 18 nitrogen and oxygen atoms in total.